The van der Waals surface area contributed by atoms with Gasteiger partial charge in [0, 0.05) is 10.8 Å². The number of aromatic nitrogens is 2. The number of carboxylic acid groups (broad SMARTS) is 1. The summed E-state index contributed by atoms with van der Waals surface area (Å²) in [5.74, 6) is 3.43. The fourth-order valence-electron chi connectivity index (χ4n) is 3.36. The van der Waals surface area contributed by atoms with Gasteiger partial charge in [-0.2, -0.15) is 0 Å². The van der Waals surface area contributed by atoms with Gasteiger partial charge in [-0.25, -0.2) is 10.8 Å². The zero-order chi connectivity index (χ0) is 18.3. The first-order valence-corrected chi connectivity index (χ1v) is 8.95. The van der Waals surface area contributed by atoms with Crippen molar-refractivity contribution in [3.8, 4) is 0 Å². The molecule has 0 radical (unpaired) electrons. The average molecular weight is 364 g/mol. The maximum absolute atomic E-state index is 13.1. The predicted molar refractivity (Wildman–Crippen MR) is 93.6 cm³/mol. The number of fused-ring (bicyclic) bond motifs is 3. The highest BCUT2D eigenvalue weighted by molar-refractivity contribution is 7.18. The fraction of sp³-hybridized carbons (Fsp3) is 0.500. The molecule has 0 saturated carbocycles. The van der Waals surface area contributed by atoms with E-state index in [1.54, 1.807) is 0 Å². The van der Waals surface area contributed by atoms with Crippen molar-refractivity contribution in [3.63, 3.8) is 0 Å². The van der Waals surface area contributed by atoms with Crippen molar-refractivity contribution < 1.29 is 14.7 Å². The van der Waals surface area contributed by atoms with Gasteiger partial charge in [0.2, 0.25) is 0 Å². The first-order chi connectivity index (χ1) is 11.8. The molecule has 1 amide bonds. The molecule has 1 aliphatic carbocycles. The molecule has 0 bridgehead atoms. The van der Waals surface area contributed by atoms with Gasteiger partial charge < -0.3 is 5.11 Å². The number of nitrogens with two attached hydrogens (primary N) is 1. The second kappa shape index (κ2) is 6.57. The highest BCUT2D eigenvalue weighted by Crippen LogP contribution is 2.40. The second-order valence-corrected chi connectivity index (χ2v) is 7.57. The quantitative estimate of drug-likeness (QED) is 0.423. The summed E-state index contributed by atoms with van der Waals surface area (Å²) in [6.45, 7) is 3.53. The number of rotatable bonds is 4. The Labute approximate surface area is 147 Å². The molecule has 25 heavy (non-hydrogen) atoms. The monoisotopic (exact) mass is 364 g/mol. The van der Waals surface area contributed by atoms with Crippen LogP contribution in [0.15, 0.2) is 4.79 Å². The Morgan fingerprint density at radius 3 is 2.80 bits per heavy atom. The van der Waals surface area contributed by atoms with Crippen molar-refractivity contribution in [3.05, 3.63) is 26.6 Å². The normalized spacial score (nSPS) is 16.9. The SMILES string of the molecule is CC(C)c1nc2sc3c(c2c(=O)n1CC(=O)NN)C(C(=O)O)CCC3. The van der Waals surface area contributed by atoms with Crippen molar-refractivity contribution in [2.75, 3.05) is 0 Å². The van der Waals surface area contributed by atoms with Crippen molar-refractivity contribution in [1.82, 2.24) is 15.0 Å². The molecule has 0 aromatic carbocycles. The van der Waals surface area contributed by atoms with E-state index in [1.165, 1.54) is 15.9 Å². The molecule has 4 N–H and O–H groups in total. The van der Waals surface area contributed by atoms with E-state index in [0.29, 0.717) is 28.0 Å². The zero-order valence-electron chi connectivity index (χ0n) is 14.0. The van der Waals surface area contributed by atoms with Crippen LogP contribution in [0.4, 0.5) is 0 Å². The van der Waals surface area contributed by atoms with Crippen LogP contribution in [0, 0.1) is 0 Å². The third kappa shape index (κ3) is 2.93. The number of carboxylic acids is 1. The lowest BCUT2D eigenvalue weighted by Gasteiger charge is -2.19. The number of hydrogen-bond acceptors (Lipinski definition) is 6. The Hall–Kier alpha value is -2.26. The lowest BCUT2D eigenvalue weighted by Crippen LogP contribution is -2.38. The van der Waals surface area contributed by atoms with E-state index in [-0.39, 0.29) is 18.0 Å². The molecular weight excluding hydrogens is 344 g/mol. The molecule has 3 rings (SSSR count). The predicted octanol–water partition coefficient (Wildman–Crippen LogP) is 1.08. The maximum atomic E-state index is 13.1. The van der Waals surface area contributed by atoms with E-state index < -0.39 is 17.8 Å². The largest absolute Gasteiger partial charge is 0.481 e. The summed E-state index contributed by atoms with van der Waals surface area (Å²) in [6, 6.07) is 0. The number of nitrogens with one attached hydrogen (secondary N) is 1. The zero-order valence-corrected chi connectivity index (χ0v) is 14.9. The third-order valence-corrected chi connectivity index (χ3v) is 5.64. The molecule has 9 heteroatoms. The van der Waals surface area contributed by atoms with Crippen LogP contribution in [0.1, 0.15) is 54.8 Å². The van der Waals surface area contributed by atoms with Gasteiger partial charge in [0.05, 0.1) is 11.3 Å². The summed E-state index contributed by atoms with van der Waals surface area (Å²) < 4.78 is 1.30. The summed E-state index contributed by atoms with van der Waals surface area (Å²) >= 11 is 1.39. The highest BCUT2D eigenvalue weighted by Gasteiger charge is 2.33. The number of thiophene rings is 1. The van der Waals surface area contributed by atoms with E-state index in [9.17, 15) is 19.5 Å². The lowest BCUT2D eigenvalue weighted by molar-refractivity contribution is -0.139. The van der Waals surface area contributed by atoms with Gasteiger partial charge in [-0.3, -0.25) is 24.4 Å². The summed E-state index contributed by atoms with van der Waals surface area (Å²) in [5, 5.41) is 9.88. The van der Waals surface area contributed by atoms with Gasteiger partial charge in [-0.1, -0.05) is 13.8 Å². The minimum absolute atomic E-state index is 0.0722. The van der Waals surface area contributed by atoms with Crippen LogP contribution in [0.3, 0.4) is 0 Å². The molecule has 0 spiro atoms. The van der Waals surface area contributed by atoms with Crippen molar-refractivity contribution in [1.29, 1.82) is 0 Å². The van der Waals surface area contributed by atoms with Crippen LogP contribution in [0.25, 0.3) is 10.2 Å². The second-order valence-electron chi connectivity index (χ2n) is 6.49. The first kappa shape index (κ1) is 17.6. The standard InChI is InChI=1S/C16H20N4O4S/c1-7(2)13-18-14-12(15(22)20(13)6-10(21)19-17)11-8(16(23)24)4-3-5-9(11)25-14/h7-8H,3-6,17H2,1-2H3,(H,19,21)(H,23,24). The Morgan fingerprint density at radius 1 is 1.48 bits per heavy atom. The van der Waals surface area contributed by atoms with Gasteiger partial charge in [0.1, 0.15) is 17.2 Å². The van der Waals surface area contributed by atoms with Crippen LogP contribution in [0.2, 0.25) is 0 Å². The minimum Gasteiger partial charge on any atom is -0.481 e. The van der Waals surface area contributed by atoms with Crippen molar-refractivity contribution in [2.45, 2.75) is 51.5 Å². The third-order valence-electron chi connectivity index (χ3n) is 4.48. The molecule has 2 aromatic rings. The number of aliphatic carboxylic acids is 1. The summed E-state index contributed by atoms with van der Waals surface area (Å²) in [7, 11) is 0. The van der Waals surface area contributed by atoms with E-state index in [2.05, 4.69) is 4.98 Å². The molecule has 0 aliphatic heterocycles. The van der Waals surface area contributed by atoms with Crippen LogP contribution in [-0.4, -0.2) is 26.5 Å². The smallest absolute Gasteiger partial charge is 0.311 e. The number of hydrazine groups is 1. The topological polar surface area (TPSA) is 127 Å². The van der Waals surface area contributed by atoms with E-state index in [1.807, 2.05) is 19.3 Å². The molecule has 134 valence electrons. The molecule has 8 nitrogen and oxygen atoms in total. The number of carbonyl (C=O) groups is 2. The molecular formula is C16H20N4O4S. The van der Waals surface area contributed by atoms with E-state index >= 15 is 0 Å². The highest BCUT2D eigenvalue weighted by atomic mass is 32.1. The first-order valence-electron chi connectivity index (χ1n) is 8.13. The van der Waals surface area contributed by atoms with E-state index in [0.717, 1.165) is 17.7 Å². The number of aryl methyl sites for hydroxylation is 1. The average Bonchev–Trinajstić information content (AvgIpc) is 2.95. The Morgan fingerprint density at radius 2 is 2.20 bits per heavy atom. The molecule has 0 fully saturated rings. The van der Waals surface area contributed by atoms with Crippen LogP contribution < -0.4 is 16.8 Å². The fourth-order valence-corrected chi connectivity index (χ4v) is 4.63. The number of nitrogens with zero attached hydrogens (tertiary/aromatic N) is 2. The minimum atomic E-state index is -0.931. The molecule has 1 atom stereocenters. The molecule has 1 unspecified atom stereocenters. The number of carbonyl (C=O) groups excluding carboxylic acids is 1. The van der Waals surface area contributed by atoms with Gasteiger partial charge in [-0.15, -0.1) is 11.3 Å². The van der Waals surface area contributed by atoms with Crippen LogP contribution in [0.5, 0.6) is 0 Å². The van der Waals surface area contributed by atoms with Crippen LogP contribution >= 0.6 is 11.3 Å². The summed E-state index contributed by atoms with van der Waals surface area (Å²) in [4.78, 5) is 42.6. The lowest BCUT2D eigenvalue weighted by atomic mass is 9.86. The van der Waals surface area contributed by atoms with Crippen molar-refractivity contribution in [2.24, 2.45) is 5.84 Å². The Kier molecular flexibility index (Phi) is 4.61. The Balaban J connectivity index is 2.32. The van der Waals surface area contributed by atoms with Gasteiger partial charge in [-0.05, 0) is 24.8 Å². The number of hydrogen-bond donors (Lipinski definition) is 3. The van der Waals surface area contributed by atoms with Crippen LogP contribution in [-0.2, 0) is 22.6 Å². The molecule has 0 saturated heterocycles. The van der Waals surface area contributed by atoms with E-state index in [4.69, 9.17) is 5.84 Å². The van der Waals surface area contributed by atoms with Gasteiger partial charge >= 0.3 is 5.97 Å². The Bertz CT molecular complexity index is 915. The van der Waals surface area contributed by atoms with Crippen molar-refractivity contribution >= 4 is 33.4 Å². The maximum Gasteiger partial charge on any atom is 0.311 e. The molecule has 2 heterocycles. The summed E-state index contributed by atoms with van der Waals surface area (Å²) in [5.41, 5.74) is 2.23. The summed E-state index contributed by atoms with van der Waals surface area (Å²) in [6.07, 6.45) is 2.03. The van der Waals surface area contributed by atoms with Gasteiger partial charge in [0.25, 0.3) is 11.5 Å². The number of amides is 1. The molecule has 1 aliphatic rings. The molecule has 2 aromatic heterocycles. The van der Waals surface area contributed by atoms with Gasteiger partial charge in [0.15, 0.2) is 0 Å².